The molecule has 0 N–H and O–H groups in total. The summed E-state index contributed by atoms with van der Waals surface area (Å²) in [5.74, 6) is 0.566. The van der Waals surface area contributed by atoms with Crippen molar-refractivity contribution in [1.82, 2.24) is 14.8 Å². The summed E-state index contributed by atoms with van der Waals surface area (Å²) < 4.78 is 6.13. The molecular formula is C20H19N3O3S. The molecule has 0 bridgehead atoms. The second-order valence-electron chi connectivity index (χ2n) is 6.38. The van der Waals surface area contributed by atoms with Crippen LogP contribution in [0.4, 0.5) is 0 Å². The number of benzene rings is 2. The van der Waals surface area contributed by atoms with E-state index in [4.69, 9.17) is 4.74 Å². The number of ether oxygens (including phenoxy) is 1. The van der Waals surface area contributed by atoms with Gasteiger partial charge in [0.25, 0.3) is 5.91 Å². The van der Waals surface area contributed by atoms with E-state index in [1.807, 2.05) is 48.5 Å². The molecule has 4 rings (SSSR count). The van der Waals surface area contributed by atoms with Gasteiger partial charge in [-0.2, -0.15) is 0 Å². The van der Waals surface area contributed by atoms with Gasteiger partial charge >= 0.3 is 0 Å². The summed E-state index contributed by atoms with van der Waals surface area (Å²) in [6, 6.07) is 15.3. The predicted octanol–water partition coefficient (Wildman–Crippen LogP) is 2.79. The van der Waals surface area contributed by atoms with Crippen LogP contribution in [0.1, 0.15) is 15.4 Å². The highest BCUT2D eigenvalue weighted by atomic mass is 32.1. The van der Waals surface area contributed by atoms with E-state index in [-0.39, 0.29) is 18.4 Å². The maximum atomic E-state index is 12.7. The SMILES string of the molecule is COc1ccc(CN2CCN(C(=O)c3nc4ccccc4s3)CC2=O)cc1. The van der Waals surface area contributed by atoms with Crippen LogP contribution in [-0.4, -0.2) is 53.3 Å². The Balaban J connectivity index is 1.41. The van der Waals surface area contributed by atoms with Crippen molar-refractivity contribution in [3.05, 3.63) is 59.1 Å². The van der Waals surface area contributed by atoms with Gasteiger partial charge in [0.15, 0.2) is 5.01 Å². The highest BCUT2D eigenvalue weighted by Crippen LogP contribution is 2.23. The molecule has 27 heavy (non-hydrogen) atoms. The molecule has 0 radical (unpaired) electrons. The molecule has 1 fully saturated rings. The molecular weight excluding hydrogens is 362 g/mol. The predicted molar refractivity (Wildman–Crippen MR) is 104 cm³/mol. The van der Waals surface area contributed by atoms with Crippen LogP contribution in [0.3, 0.4) is 0 Å². The fraction of sp³-hybridized carbons (Fsp3) is 0.250. The molecule has 1 aromatic heterocycles. The first kappa shape index (κ1) is 17.5. The summed E-state index contributed by atoms with van der Waals surface area (Å²) in [5, 5.41) is 0.438. The van der Waals surface area contributed by atoms with Crippen molar-refractivity contribution in [2.45, 2.75) is 6.54 Å². The summed E-state index contributed by atoms with van der Waals surface area (Å²) in [6.07, 6.45) is 0. The minimum Gasteiger partial charge on any atom is -0.497 e. The lowest BCUT2D eigenvalue weighted by molar-refractivity contribution is -0.135. The van der Waals surface area contributed by atoms with Crippen molar-refractivity contribution in [3.63, 3.8) is 0 Å². The molecule has 1 aliphatic rings. The number of methoxy groups -OCH3 is 1. The molecule has 2 amide bonds. The van der Waals surface area contributed by atoms with Crippen LogP contribution in [0.15, 0.2) is 48.5 Å². The number of carbonyl (C=O) groups is 2. The molecule has 0 unspecified atom stereocenters. The van der Waals surface area contributed by atoms with Gasteiger partial charge < -0.3 is 14.5 Å². The van der Waals surface area contributed by atoms with Crippen LogP contribution >= 0.6 is 11.3 Å². The van der Waals surface area contributed by atoms with Crippen LogP contribution < -0.4 is 4.74 Å². The van der Waals surface area contributed by atoms with Crippen LogP contribution in [0.2, 0.25) is 0 Å². The standard InChI is InChI=1S/C20H19N3O3S/c1-26-15-8-6-14(7-9-15)12-22-10-11-23(13-18(22)24)20(25)19-21-16-4-2-3-5-17(16)27-19/h2-9H,10-13H2,1H3. The first-order valence-corrected chi connectivity index (χ1v) is 9.51. The maximum Gasteiger partial charge on any atom is 0.283 e. The van der Waals surface area contributed by atoms with Gasteiger partial charge in [0.05, 0.1) is 17.3 Å². The highest BCUT2D eigenvalue weighted by Gasteiger charge is 2.29. The van der Waals surface area contributed by atoms with Crippen molar-refractivity contribution < 1.29 is 14.3 Å². The zero-order valence-electron chi connectivity index (χ0n) is 14.9. The Morgan fingerprint density at radius 1 is 1.15 bits per heavy atom. The average molecular weight is 381 g/mol. The minimum atomic E-state index is -0.173. The van der Waals surface area contributed by atoms with Crippen molar-refractivity contribution in [3.8, 4) is 5.75 Å². The van der Waals surface area contributed by atoms with Gasteiger partial charge in [0.1, 0.15) is 12.3 Å². The number of amides is 2. The van der Waals surface area contributed by atoms with Crippen molar-refractivity contribution in [2.24, 2.45) is 0 Å². The number of rotatable bonds is 4. The highest BCUT2D eigenvalue weighted by molar-refractivity contribution is 7.20. The Morgan fingerprint density at radius 2 is 1.93 bits per heavy atom. The first-order valence-electron chi connectivity index (χ1n) is 8.69. The average Bonchev–Trinajstić information content (AvgIpc) is 3.14. The third-order valence-electron chi connectivity index (χ3n) is 4.62. The van der Waals surface area contributed by atoms with E-state index in [0.29, 0.717) is 24.6 Å². The molecule has 1 saturated heterocycles. The number of piperazine rings is 1. The third-order valence-corrected chi connectivity index (χ3v) is 5.64. The number of hydrogen-bond acceptors (Lipinski definition) is 5. The molecule has 0 aliphatic carbocycles. The largest absolute Gasteiger partial charge is 0.497 e. The van der Waals surface area contributed by atoms with Crippen LogP contribution in [0, 0.1) is 0 Å². The second kappa shape index (κ2) is 7.36. The molecule has 138 valence electrons. The summed E-state index contributed by atoms with van der Waals surface area (Å²) in [6.45, 7) is 1.65. The summed E-state index contributed by atoms with van der Waals surface area (Å²) in [7, 11) is 1.63. The molecule has 1 aliphatic heterocycles. The van der Waals surface area contributed by atoms with Crippen LogP contribution in [0.5, 0.6) is 5.75 Å². The molecule has 6 nitrogen and oxygen atoms in total. The summed E-state index contributed by atoms with van der Waals surface area (Å²) in [5.41, 5.74) is 1.85. The topological polar surface area (TPSA) is 62.7 Å². The Kier molecular flexibility index (Phi) is 4.77. The lowest BCUT2D eigenvalue weighted by Crippen LogP contribution is -2.51. The molecule has 0 spiro atoms. The number of para-hydroxylation sites is 1. The quantitative estimate of drug-likeness (QED) is 0.697. The van der Waals surface area contributed by atoms with Gasteiger partial charge in [-0.15, -0.1) is 11.3 Å². The lowest BCUT2D eigenvalue weighted by Gasteiger charge is -2.34. The first-order chi connectivity index (χ1) is 13.1. The smallest absolute Gasteiger partial charge is 0.283 e. The van der Waals surface area contributed by atoms with E-state index < -0.39 is 0 Å². The van der Waals surface area contributed by atoms with Crippen LogP contribution in [0.25, 0.3) is 10.2 Å². The number of thiazole rings is 1. The summed E-state index contributed by atoms with van der Waals surface area (Å²) >= 11 is 1.37. The minimum absolute atomic E-state index is 0.0495. The van der Waals surface area contributed by atoms with Gasteiger partial charge in [0, 0.05) is 19.6 Å². The van der Waals surface area contributed by atoms with E-state index in [1.54, 1.807) is 16.9 Å². The van der Waals surface area contributed by atoms with E-state index in [0.717, 1.165) is 21.5 Å². The normalized spacial score (nSPS) is 14.6. The number of carbonyl (C=O) groups excluding carboxylic acids is 2. The lowest BCUT2D eigenvalue weighted by atomic mass is 10.2. The zero-order valence-corrected chi connectivity index (χ0v) is 15.7. The van der Waals surface area contributed by atoms with E-state index in [9.17, 15) is 9.59 Å². The zero-order chi connectivity index (χ0) is 18.8. The summed E-state index contributed by atoms with van der Waals surface area (Å²) in [4.78, 5) is 33.0. The number of nitrogens with zero attached hydrogens (tertiary/aromatic N) is 3. The monoisotopic (exact) mass is 381 g/mol. The molecule has 0 atom stereocenters. The Bertz CT molecular complexity index is 951. The van der Waals surface area contributed by atoms with E-state index in [2.05, 4.69) is 4.98 Å². The van der Waals surface area contributed by atoms with Gasteiger partial charge in [-0.05, 0) is 29.8 Å². The van der Waals surface area contributed by atoms with E-state index >= 15 is 0 Å². The third kappa shape index (κ3) is 3.64. The van der Waals surface area contributed by atoms with Crippen molar-refractivity contribution in [2.75, 3.05) is 26.7 Å². The van der Waals surface area contributed by atoms with Gasteiger partial charge in [-0.3, -0.25) is 9.59 Å². The fourth-order valence-electron chi connectivity index (χ4n) is 3.10. The Labute approximate surface area is 161 Å². The number of hydrogen-bond donors (Lipinski definition) is 0. The Hall–Kier alpha value is -2.93. The molecule has 2 heterocycles. The van der Waals surface area contributed by atoms with Gasteiger partial charge in [0.2, 0.25) is 5.91 Å². The number of fused-ring (bicyclic) bond motifs is 1. The molecule has 7 heteroatoms. The molecule has 0 saturated carbocycles. The van der Waals surface area contributed by atoms with Crippen LogP contribution in [-0.2, 0) is 11.3 Å². The van der Waals surface area contributed by atoms with Crippen molar-refractivity contribution >= 4 is 33.4 Å². The van der Waals surface area contributed by atoms with Gasteiger partial charge in [-0.1, -0.05) is 24.3 Å². The second-order valence-corrected chi connectivity index (χ2v) is 7.41. The maximum absolute atomic E-state index is 12.7. The van der Waals surface area contributed by atoms with Crippen molar-refractivity contribution in [1.29, 1.82) is 0 Å². The molecule has 3 aromatic rings. The van der Waals surface area contributed by atoms with Gasteiger partial charge in [-0.25, -0.2) is 4.98 Å². The number of aromatic nitrogens is 1. The van der Waals surface area contributed by atoms with E-state index in [1.165, 1.54) is 11.3 Å². The fourth-order valence-corrected chi connectivity index (χ4v) is 4.03. The Morgan fingerprint density at radius 3 is 2.63 bits per heavy atom. The molecule has 2 aromatic carbocycles.